The van der Waals surface area contributed by atoms with E-state index in [0.29, 0.717) is 11.2 Å². The minimum absolute atomic E-state index is 0.0237. The summed E-state index contributed by atoms with van der Waals surface area (Å²) in [6.45, 7) is 0. The van der Waals surface area contributed by atoms with Gasteiger partial charge in [-0.1, -0.05) is 0 Å². The molecule has 0 saturated heterocycles. The Morgan fingerprint density at radius 1 is 1.44 bits per heavy atom. The number of nitrogens with zero attached hydrogens (tertiary/aromatic N) is 4. The zero-order valence-corrected chi connectivity index (χ0v) is 11.2. The number of halogens is 1. The minimum atomic E-state index is -0.424. The molecule has 3 rings (SSSR count). The van der Waals surface area contributed by atoms with Crippen LogP contribution in [0.25, 0.3) is 15.9 Å². The number of fused-ring (bicyclic) bond motifs is 1. The summed E-state index contributed by atoms with van der Waals surface area (Å²) in [7, 11) is 0. The third-order valence-corrected chi connectivity index (χ3v) is 3.64. The quantitative estimate of drug-likeness (QED) is 0.536. The normalized spacial score (nSPS) is 10.9. The summed E-state index contributed by atoms with van der Waals surface area (Å²) in [5.74, 6) is 0. The van der Waals surface area contributed by atoms with Gasteiger partial charge in [0, 0.05) is 6.20 Å². The third-order valence-electron chi connectivity index (χ3n) is 2.43. The maximum Gasteiger partial charge on any atom is 0.321 e. The zero-order valence-electron chi connectivity index (χ0n) is 8.78. The van der Waals surface area contributed by atoms with E-state index in [9.17, 15) is 10.1 Å². The van der Waals surface area contributed by atoms with E-state index in [4.69, 9.17) is 0 Å². The molecule has 0 amide bonds. The summed E-state index contributed by atoms with van der Waals surface area (Å²) in [6, 6.07) is 3.49. The Bertz CT molecular complexity index is 751. The highest BCUT2D eigenvalue weighted by molar-refractivity contribution is 9.10. The molecular formula is C10H5BrN4O2S. The van der Waals surface area contributed by atoms with Gasteiger partial charge in [-0.25, -0.2) is 9.67 Å². The Kier molecular flexibility index (Phi) is 2.60. The topological polar surface area (TPSA) is 73.8 Å². The van der Waals surface area contributed by atoms with Gasteiger partial charge in [0.2, 0.25) is 0 Å². The van der Waals surface area contributed by atoms with Gasteiger partial charge < -0.3 is 0 Å². The Morgan fingerprint density at radius 3 is 2.94 bits per heavy atom. The molecule has 0 aliphatic heterocycles. The van der Waals surface area contributed by atoms with Crippen LogP contribution in [0, 0.1) is 10.1 Å². The van der Waals surface area contributed by atoms with Crippen LogP contribution >= 0.6 is 27.3 Å². The van der Waals surface area contributed by atoms with Crippen molar-refractivity contribution >= 4 is 43.2 Å². The first kappa shape index (κ1) is 11.3. The highest BCUT2D eigenvalue weighted by Crippen LogP contribution is 2.33. The van der Waals surface area contributed by atoms with Crippen molar-refractivity contribution < 1.29 is 4.92 Å². The van der Waals surface area contributed by atoms with Crippen LogP contribution in [-0.2, 0) is 0 Å². The lowest BCUT2D eigenvalue weighted by Gasteiger charge is -2.02. The predicted molar refractivity (Wildman–Crippen MR) is 71.1 cm³/mol. The largest absolute Gasteiger partial charge is 0.321 e. The molecule has 6 nitrogen and oxygen atoms in total. The van der Waals surface area contributed by atoms with Gasteiger partial charge >= 0.3 is 5.69 Å². The molecular weight excluding hydrogens is 320 g/mol. The van der Waals surface area contributed by atoms with Gasteiger partial charge in [-0.3, -0.25) is 10.1 Å². The van der Waals surface area contributed by atoms with E-state index in [2.05, 4.69) is 26.0 Å². The first-order chi connectivity index (χ1) is 8.66. The van der Waals surface area contributed by atoms with E-state index < -0.39 is 4.92 Å². The molecule has 18 heavy (non-hydrogen) atoms. The maximum absolute atomic E-state index is 11.2. The summed E-state index contributed by atoms with van der Waals surface area (Å²) in [5, 5.41) is 15.3. The van der Waals surface area contributed by atoms with Crippen LogP contribution < -0.4 is 0 Å². The summed E-state index contributed by atoms with van der Waals surface area (Å²) in [6.07, 6.45) is 3.25. The SMILES string of the molecule is O=[N+]([O-])c1c(-n2cc(Br)cn2)ccc2scnc12. The number of rotatable bonds is 2. The van der Waals surface area contributed by atoms with E-state index in [1.807, 2.05) is 6.07 Å². The molecule has 0 N–H and O–H groups in total. The third kappa shape index (κ3) is 1.70. The molecule has 0 spiro atoms. The monoisotopic (exact) mass is 324 g/mol. The summed E-state index contributed by atoms with van der Waals surface area (Å²) in [4.78, 5) is 14.9. The van der Waals surface area contributed by atoms with Gasteiger partial charge in [0.1, 0.15) is 5.69 Å². The van der Waals surface area contributed by atoms with Crippen molar-refractivity contribution in [2.75, 3.05) is 0 Å². The fourth-order valence-electron chi connectivity index (χ4n) is 1.70. The van der Waals surface area contributed by atoms with Gasteiger partial charge in [-0.15, -0.1) is 11.3 Å². The Morgan fingerprint density at radius 2 is 2.28 bits per heavy atom. The van der Waals surface area contributed by atoms with Crippen molar-refractivity contribution in [3.63, 3.8) is 0 Å². The average molecular weight is 325 g/mol. The van der Waals surface area contributed by atoms with Crippen LogP contribution in [0.1, 0.15) is 0 Å². The highest BCUT2D eigenvalue weighted by atomic mass is 79.9. The van der Waals surface area contributed by atoms with E-state index in [0.717, 1.165) is 9.17 Å². The lowest BCUT2D eigenvalue weighted by molar-refractivity contribution is -0.383. The number of hydrogen-bond donors (Lipinski definition) is 0. The second-order valence-electron chi connectivity index (χ2n) is 3.49. The van der Waals surface area contributed by atoms with Crippen molar-refractivity contribution in [3.05, 3.63) is 44.6 Å². The van der Waals surface area contributed by atoms with Gasteiger partial charge in [-0.2, -0.15) is 5.10 Å². The molecule has 0 bridgehead atoms. The van der Waals surface area contributed by atoms with Crippen molar-refractivity contribution in [1.29, 1.82) is 0 Å². The Hall–Kier alpha value is -1.80. The summed E-state index contributed by atoms with van der Waals surface area (Å²) >= 11 is 4.64. The molecule has 3 aromatic rings. The van der Waals surface area contributed by atoms with E-state index in [-0.39, 0.29) is 5.69 Å². The summed E-state index contributed by atoms with van der Waals surface area (Å²) < 4.78 is 3.01. The number of nitro benzene ring substituents is 1. The van der Waals surface area contributed by atoms with E-state index in [1.165, 1.54) is 16.0 Å². The van der Waals surface area contributed by atoms with Crippen molar-refractivity contribution in [3.8, 4) is 5.69 Å². The van der Waals surface area contributed by atoms with Gasteiger partial charge in [-0.05, 0) is 28.1 Å². The molecule has 1 aromatic carbocycles. The number of aromatic nitrogens is 3. The molecule has 0 fully saturated rings. The molecule has 0 saturated carbocycles. The lowest BCUT2D eigenvalue weighted by atomic mass is 10.2. The van der Waals surface area contributed by atoms with Crippen LogP contribution in [0.3, 0.4) is 0 Å². The van der Waals surface area contributed by atoms with E-state index in [1.54, 1.807) is 24.0 Å². The minimum Gasteiger partial charge on any atom is -0.258 e. The molecule has 0 unspecified atom stereocenters. The average Bonchev–Trinajstić information content (AvgIpc) is 2.95. The number of hydrogen-bond acceptors (Lipinski definition) is 5. The second kappa shape index (κ2) is 4.14. The van der Waals surface area contributed by atoms with Gasteiger partial charge in [0.15, 0.2) is 5.52 Å². The van der Waals surface area contributed by atoms with Crippen molar-refractivity contribution in [1.82, 2.24) is 14.8 Å². The van der Waals surface area contributed by atoms with E-state index >= 15 is 0 Å². The molecule has 2 heterocycles. The van der Waals surface area contributed by atoms with Crippen LogP contribution in [0.2, 0.25) is 0 Å². The molecule has 0 atom stereocenters. The zero-order chi connectivity index (χ0) is 12.7. The van der Waals surface area contributed by atoms with Crippen LogP contribution in [0.4, 0.5) is 5.69 Å². The predicted octanol–water partition coefficient (Wildman–Crippen LogP) is 3.15. The lowest BCUT2D eigenvalue weighted by Crippen LogP contribution is -2.01. The highest BCUT2D eigenvalue weighted by Gasteiger charge is 2.22. The fraction of sp³-hybridized carbons (Fsp3) is 0. The van der Waals surface area contributed by atoms with Crippen LogP contribution in [0.15, 0.2) is 34.5 Å². The van der Waals surface area contributed by atoms with Crippen molar-refractivity contribution in [2.45, 2.75) is 0 Å². The molecule has 0 radical (unpaired) electrons. The van der Waals surface area contributed by atoms with Crippen molar-refractivity contribution in [2.24, 2.45) is 0 Å². The molecule has 8 heteroatoms. The Balaban J connectivity index is 2.34. The van der Waals surface area contributed by atoms with Gasteiger partial charge in [0.05, 0.1) is 25.8 Å². The number of nitro groups is 1. The fourth-order valence-corrected chi connectivity index (χ4v) is 2.67. The van der Waals surface area contributed by atoms with Gasteiger partial charge in [0.25, 0.3) is 0 Å². The first-order valence-corrected chi connectivity index (χ1v) is 6.55. The molecule has 0 aliphatic carbocycles. The molecule has 0 aliphatic rings. The number of benzene rings is 1. The molecule has 2 aromatic heterocycles. The van der Waals surface area contributed by atoms with Crippen LogP contribution in [-0.4, -0.2) is 19.7 Å². The van der Waals surface area contributed by atoms with Crippen LogP contribution in [0.5, 0.6) is 0 Å². The smallest absolute Gasteiger partial charge is 0.258 e. The second-order valence-corrected chi connectivity index (χ2v) is 5.29. The first-order valence-electron chi connectivity index (χ1n) is 4.88. The number of thiazole rings is 1. The summed E-state index contributed by atoms with van der Waals surface area (Å²) in [5.41, 5.74) is 2.38. The standard InChI is InChI=1S/C10H5BrN4O2S/c11-6-3-13-14(4-6)7-1-2-8-9(12-5-18-8)10(7)15(16)17/h1-5H. The Labute approximate surface area is 113 Å². The molecule has 90 valence electrons. The maximum atomic E-state index is 11.2.